The zero-order chi connectivity index (χ0) is 33.7. The topological polar surface area (TPSA) is 163 Å². The summed E-state index contributed by atoms with van der Waals surface area (Å²) in [4.78, 5) is 10.9. The highest BCUT2D eigenvalue weighted by Gasteiger charge is 2.00. The molecule has 0 aliphatic heterocycles. The lowest BCUT2D eigenvalue weighted by Crippen LogP contribution is -2.15. The molecule has 47 heavy (non-hydrogen) atoms. The van der Waals surface area contributed by atoms with Gasteiger partial charge in [-0.25, -0.2) is 0 Å². The van der Waals surface area contributed by atoms with Crippen LogP contribution in [0.2, 0.25) is 0 Å². The molecular formula is C32H57NO14. The Hall–Kier alpha value is -2.15. The van der Waals surface area contributed by atoms with Crippen molar-refractivity contribution in [3.8, 4) is 5.75 Å². The average Bonchev–Trinajstić information content (AvgIpc) is 3.08. The van der Waals surface area contributed by atoms with Crippen LogP contribution in [0.3, 0.4) is 0 Å². The summed E-state index contributed by atoms with van der Waals surface area (Å²) in [6.07, 6.45) is 0.243. The number of anilines is 1. The van der Waals surface area contributed by atoms with Crippen LogP contribution in [0, 0.1) is 0 Å². The highest BCUT2D eigenvalue weighted by Crippen LogP contribution is 2.19. The van der Waals surface area contributed by atoms with Crippen molar-refractivity contribution >= 4 is 11.7 Å². The van der Waals surface area contributed by atoms with Gasteiger partial charge >= 0.3 is 5.97 Å². The van der Waals surface area contributed by atoms with Crippen LogP contribution in [-0.4, -0.2) is 165 Å². The molecule has 0 amide bonds. The van der Waals surface area contributed by atoms with E-state index in [2.05, 4.69) is 4.74 Å². The quantitative estimate of drug-likeness (QED) is 0.0609. The molecule has 0 atom stereocenters. The molecule has 1 aromatic rings. The summed E-state index contributed by atoms with van der Waals surface area (Å²) in [5.41, 5.74) is 6.43. The van der Waals surface area contributed by atoms with Crippen molar-refractivity contribution in [1.82, 2.24) is 0 Å². The Balaban J connectivity index is 1.63. The lowest BCUT2D eigenvalue weighted by molar-refractivity contribution is -0.141. The minimum Gasteiger partial charge on any atom is -0.489 e. The van der Waals surface area contributed by atoms with Crippen LogP contribution in [0.4, 0.5) is 5.69 Å². The molecule has 1 aromatic carbocycles. The van der Waals surface area contributed by atoms with Crippen molar-refractivity contribution in [2.45, 2.75) is 6.42 Å². The highest BCUT2D eigenvalue weighted by molar-refractivity contribution is 5.69. The Bertz CT molecular complexity index is 807. The van der Waals surface area contributed by atoms with Crippen LogP contribution in [0.15, 0.2) is 24.3 Å². The number of benzene rings is 1. The summed E-state index contributed by atoms with van der Waals surface area (Å²) >= 11 is 0. The summed E-state index contributed by atoms with van der Waals surface area (Å²) in [5, 5.41) is 0. The van der Waals surface area contributed by atoms with E-state index in [4.69, 9.17) is 62.6 Å². The number of nitrogen functional groups attached to an aromatic ring is 1. The van der Waals surface area contributed by atoms with Crippen molar-refractivity contribution in [3.63, 3.8) is 0 Å². The van der Waals surface area contributed by atoms with E-state index in [1.165, 1.54) is 7.11 Å². The molecule has 0 aromatic heterocycles. The van der Waals surface area contributed by atoms with E-state index in [1.807, 2.05) is 18.2 Å². The molecule has 0 spiro atoms. The van der Waals surface area contributed by atoms with E-state index in [0.29, 0.717) is 163 Å². The van der Waals surface area contributed by atoms with Gasteiger partial charge in [-0.2, -0.15) is 0 Å². The third-order valence-corrected chi connectivity index (χ3v) is 5.80. The summed E-state index contributed by atoms with van der Waals surface area (Å²) in [6.45, 7) is 10.9. The fraction of sp³-hybridized carbons (Fsp3) is 0.781. The minimum atomic E-state index is -0.287. The first kappa shape index (κ1) is 42.9. The maximum absolute atomic E-state index is 10.9. The molecule has 2 N–H and O–H groups in total. The van der Waals surface area contributed by atoms with Gasteiger partial charge < -0.3 is 67.3 Å². The number of nitrogens with two attached hydrogens (primary N) is 1. The molecule has 0 saturated heterocycles. The summed E-state index contributed by atoms with van der Waals surface area (Å²) in [7, 11) is 1.35. The standard InChI is InChI=1S/C32H57NO14/c1-35-32(34)6-7-36-8-9-37-10-11-38-12-13-39-14-15-40-16-17-41-18-19-42-20-21-43-22-23-44-24-25-45-26-27-46-28-29-47-31-5-3-2-4-30(31)33/h2-5H,6-29,33H2,1H3. The van der Waals surface area contributed by atoms with Crippen LogP contribution in [-0.2, 0) is 61.6 Å². The zero-order valence-electron chi connectivity index (χ0n) is 28.1. The second-order valence-electron chi connectivity index (χ2n) is 9.45. The van der Waals surface area contributed by atoms with Crippen molar-refractivity contribution in [2.75, 3.05) is 165 Å². The molecule has 0 fully saturated rings. The van der Waals surface area contributed by atoms with E-state index in [-0.39, 0.29) is 12.4 Å². The lowest BCUT2D eigenvalue weighted by Gasteiger charge is -2.10. The Kier molecular flexibility index (Phi) is 32.1. The Morgan fingerprint density at radius 2 is 0.723 bits per heavy atom. The number of hydrogen-bond donors (Lipinski definition) is 1. The number of ether oxygens (including phenoxy) is 13. The molecule has 0 radical (unpaired) electrons. The third kappa shape index (κ3) is 30.9. The van der Waals surface area contributed by atoms with Crippen LogP contribution < -0.4 is 10.5 Å². The van der Waals surface area contributed by atoms with Gasteiger partial charge in [0.05, 0.1) is 165 Å². The Morgan fingerprint density at radius 1 is 0.447 bits per heavy atom. The van der Waals surface area contributed by atoms with Crippen molar-refractivity contribution in [2.24, 2.45) is 0 Å². The van der Waals surface area contributed by atoms with Crippen LogP contribution >= 0.6 is 0 Å². The molecule has 0 heterocycles. The Morgan fingerprint density at radius 3 is 1.02 bits per heavy atom. The van der Waals surface area contributed by atoms with Crippen molar-refractivity contribution < 1.29 is 66.4 Å². The molecule has 0 saturated carbocycles. The molecule has 1 rings (SSSR count). The first-order chi connectivity index (χ1) is 23.2. The van der Waals surface area contributed by atoms with Crippen LogP contribution in [0.25, 0.3) is 0 Å². The van der Waals surface area contributed by atoms with Gasteiger partial charge in [-0.15, -0.1) is 0 Å². The number of hydrogen-bond acceptors (Lipinski definition) is 15. The SMILES string of the molecule is COC(=O)CCOCCOCCOCCOCCOCCOCCOCCOCCOCCOCCOCCOc1ccccc1N. The number of carbonyl (C=O) groups excluding carboxylic acids is 1. The predicted octanol–water partition coefficient (Wildman–Crippen LogP) is 1.39. The monoisotopic (exact) mass is 679 g/mol. The normalized spacial score (nSPS) is 11.3. The Labute approximate surface area is 279 Å². The van der Waals surface area contributed by atoms with E-state index in [1.54, 1.807) is 6.07 Å². The number of methoxy groups -OCH3 is 1. The molecule has 274 valence electrons. The van der Waals surface area contributed by atoms with E-state index in [9.17, 15) is 4.79 Å². The molecule has 15 nitrogen and oxygen atoms in total. The maximum atomic E-state index is 10.9. The largest absolute Gasteiger partial charge is 0.489 e. The van der Waals surface area contributed by atoms with Gasteiger partial charge in [0.2, 0.25) is 0 Å². The second-order valence-corrected chi connectivity index (χ2v) is 9.45. The number of esters is 1. The fourth-order valence-corrected chi connectivity index (χ4v) is 3.38. The van der Waals surface area contributed by atoms with Gasteiger partial charge in [-0.3, -0.25) is 4.79 Å². The molecule has 0 bridgehead atoms. The van der Waals surface area contributed by atoms with Gasteiger partial charge in [0.15, 0.2) is 0 Å². The van der Waals surface area contributed by atoms with Crippen molar-refractivity contribution in [3.05, 3.63) is 24.3 Å². The van der Waals surface area contributed by atoms with Gasteiger partial charge in [-0.05, 0) is 12.1 Å². The predicted molar refractivity (Wildman–Crippen MR) is 172 cm³/mol. The third-order valence-electron chi connectivity index (χ3n) is 5.80. The van der Waals surface area contributed by atoms with Crippen LogP contribution in [0.5, 0.6) is 5.75 Å². The second kappa shape index (κ2) is 35.2. The average molecular weight is 680 g/mol. The van der Waals surface area contributed by atoms with Gasteiger partial charge in [0.25, 0.3) is 0 Å². The maximum Gasteiger partial charge on any atom is 0.307 e. The summed E-state index contributed by atoms with van der Waals surface area (Å²) in [5.74, 6) is 0.377. The van der Waals surface area contributed by atoms with Crippen LogP contribution in [0.1, 0.15) is 6.42 Å². The summed E-state index contributed by atoms with van der Waals surface area (Å²) in [6, 6.07) is 7.37. The number of rotatable bonds is 37. The van der Waals surface area contributed by atoms with Gasteiger partial charge in [-0.1, -0.05) is 12.1 Å². The molecule has 0 aliphatic carbocycles. The summed E-state index contributed by atoms with van der Waals surface area (Å²) < 4.78 is 69.9. The smallest absolute Gasteiger partial charge is 0.307 e. The number of para-hydroxylation sites is 2. The molecule has 0 aliphatic rings. The highest BCUT2D eigenvalue weighted by atomic mass is 16.6. The van der Waals surface area contributed by atoms with E-state index < -0.39 is 0 Å². The first-order valence-corrected chi connectivity index (χ1v) is 16.1. The number of carbonyl (C=O) groups is 1. The minimum absolute atomic E-state index is 0.243. The van der Waals surface area contributed by atoms with Gasteiger partial charge in [0, 0.05) is 0 Å². The lowest BCUT2D eigenvalue weighted by atomic mass is 10.3. The zero-order valence-corrected chi connectivity index (χ0v) is 28.1. The molecule has 0 unspecified atom stereocenters. The van der Waals surface area contributed by atoms with Gasteiger partial charge in [0.1, 0.15) is 12.4 Å². The molecule has 15 heteroatoms. The fourth-order valence-electron chi connectivity index (χ4n) is 3.38. The van der Waals surface area contributed by atoms with E-state index >= 15 is 0 Å². The van der Waals surface area contributed by atoms with Crippen molar-refractivity contribution in [1.29, 1.82) is 0 Å². The van der Waals surface area contributed by atoms with E-state index in [0.717, 1.165) is 0 Å². The first-order valence-electron chi connectivity index (χ1n) is 16.1. The molecular weight excluding hydrogens is 622 g/mol.